The number of nitrogens with zero attached hydrogens (tertiary/aromatic N) is 1. The van der Waals surface area contributed by atoms with E-state index in [1.54, 1.807) is 0 Å². The molecule has 0 bridgehead atoms. The van der Waals surface area contributed by atoms with E-state index in [4.69, 9.17) is 17.4 Å². The molecule has 1 aromatic carbocycles. The molecular weight excluding hydrogens is 274 g/mol. The minimum absolute atomic E-state index is 0.0792. The number of rotatable bonds is 1. The van der Waals surface area contributed by atoms with Crippen molar-refractivity contribution in [2.45, 2.75) is 6.18 Å². The van der Waals surface area contributed by atoms with Gasteiger partial charge in [0, 0.05) is 5.39 Å². The number of nitrogens with two attached hydrogens (primary N) is 1. The second-order valence-electron chi connectivity index (χ2n) is 3.48. The molecule has 8 heteroatoms. The Bertz CT molecular complexity index is 612. The summed E-state index contributed by atoms with van der Waals surface area (Å²) in [6.45, 7) is 0. The summed E-state index contributed by atoms with van der Waals surface area (Å²) < 4.78 is 50.9. The van der Waals surface area contributed by atoms with Crippen molar-refractivity contribution in [3.63, 3.8) is 0 Å². The average molecular weight is 280 g/mol. The van der Waals surface area contributed by atoms with Gasteiger partial charge in [0.05, 0.1) is 16.2 Å². The van der Waals surface area contributed by atoms with Crippen molar-refractivity contribution in [1.29, 1.82) is 0 Å². The van der Waals surface area contributed by atoms with E-state index in [0.29, 0.717) is 6.07 Å². The first-order chi connectivity index (χ1) is 8.32. The Labute approximate surface area is 104 Å². The highest BCUT2D eigenvalue weighted by molar-refractivity contribution is 6.35. The Morgan fingerprint density at radius 1 is 1.22 bits per heavy atom. The van der Waals surface area contributed by atoms with Gasteiger partial charge in [-0.15, -0.1) is 0 Å². The van der Waals surface area contributed by atoms with E-state index >= 15 is 0 Å². The number of hydrogen-bond donors (Lipinski definition) is 2. The lowest BCUT2D eigenvalue weighted by Gasteiger charge is -2.12. The molecule has 0 unspecified atom stereocenters. The molecule has 18 heavy (non-hydrogen) atoms. The van der Waals surface area contributed by atoms with Crippen molar-refractivity contribution in [2.24, 2.45) is 5.84 Å². The molecule has 0 fully saturated rings. The molecule has 96 valence electrons. The van der Waals surface area contributed by atoms with Crippen LogP contribution in [-0.4, -0.2) is 4.98 Å². The highest BCUT2D eigenvalue weighted by Gasteiger charge is 2.33. The number of nitrogens with one attached hydrogen (secondary N) is 1. The van der Waals surface area contributed by atoms with Crippen molar-refractivity contribution in [3.8, 4) is 0 Å². The van der Waals surface area contributed by atoms with Gasteiger partial charge in [0.2, 0.25) is 0 Å². The summed E-state index contributed by atoms with van der Waals surface area (Å²) in [6, 6.07) is 2.58. The van der Waals surface area contributed by atoms with Gasteiger partial charge in [0.15, 0.2) is 0 Å². The first-order valence-corrected chi connectivity index (χ1v) is 5.04. The zero-order chi connectivity index (χ0) is 13.5. The molecule has 2 aromatic rings. The van der Waals surface area contributed by atoms with Crippen LogP contribution in [0.4, 0.5) is 23.2 Å². The van der Waals surface area contributed by atoms with Gasteiger partial charge >= 0.3 is 6.18 Å². The molecule has 0 saturated carbocycles. The molecule has 0 atom stereocenters. The van der Waals surface area contributed by atoms with Crippen LogP contribution < -0.4 is 11.3 Å². The van der Waals surface area contributed by atoms with Gasteiger partial charge < -0.3 is 5.43 Å². The molecule has 3 nitrogen and oxygen atoms in total. The summed E-state index contributed by atoms with van der Waals surface area (Å²) in [5.41, 5.74) is 0.647. The fraction of sp³-hybridized carbons (Fsp3) is 0.100. The number of aromatic nitrogens is 1. The van der Waals surface area contributed by atoms with E-state index in [0.717, 1.165) is 12.1 Å². The summed E-state index contributed by atoms with van der Waals surface area (Å²) in [4.78, 5) is 3.38. The normalized spacial score (nSPS) is 11.9. The number of benzene rings is 1. The molecule has 1 heterocycles. The van der Waals surface area contributed by atoms with Gasteiger partial charge in [-0.2, -0.15) is 13.2 Å². The molecule has 3 N–H and O–H groups in total. The van der Waals surface area contributed by atoms with Gasteiger partial charge in [-0.25, -0.2) is 9.37 Å². The minimum Gasteiger partial charge on any atom is -0.323 e. The highest BCUT2D eigenvalue weighted by Crippen LogP contribution is 2.35. The maximum absolute atomic E-state index is 13.1. The molecule has 0 aliphatic rings. The summed E-state index contributed by atoms with van der Waals surface area (Å²) in [6.07, 6.45) is -4.64. The Kier molecular flexibility index (Phi) is 3.04. The van der Waals surface area contributed by atoms with Crippen LogP contribution in [0.15, 0.2) is 18.2 Å². The minimum atomic E-state index is -4.64. The Hall–Kier alpha value is -1.60. The largest absolute Gasteiger partial charge is 0.433 e. The number of pyridine rings is 1. The Morgan fingerprint density at radius 2 is 1.89 bits per heavy atom. The van der Waals surface area contributed by atoms with Gasteiger partial charge in [0.25, 0.3) is 0 Å². The number of alkyl halides is 3. The molecule has 0 aliphatic heterocycles. The standard InChI is InChI=1S/C10H6ClF4N3/c11-6-2-4(12)1-5-7(18-16)3-8(10(13,14)15)17-9(5)6/h1-3H,16H2,(H,17,18). The third-order valence-corrected chi connectivity index (χ3v) is 2.57. The van der Waals surface area contributed by atoms with Gasteiger partial charge in [0.1, 0.15) is 11.5 Å². The van der Waals surface area contributed by atoms with E-state index in [-0.39, 0.29) is 21.6 Å². The molecule has 0 amide bonds. The number of nitrogen functional groups attached to an aromatic ring is 1. The smallest absolute Gasteiger partial charge is 0.323 e. The van der Waals surface area contributed by atoms with Gasteiger partial charge in [-0.1, -0.05) is 11.6 Å². The number of anilines is 1. The Morgan fingerprint density at radius 3 is 2.44 bits per heavy atom. The van der Waals surface area contributed by atoms with Crippen LogP contribution in [0.25, 0.3) is 10.9 Å². The van der Waals surface area contributed by atoms with E-state index in [2.05, 4.69) is 10.4 Å². The third kappa shape index (κ3) is 2.19. The maximum atomic E-state index is 13.1. The lowest BCUT2D eigenvalue weighted by atomic mass is 10.1. The predicted molar refractivity (Wildman–Crippen MR) is 59.5 cm³/mol. The summed E-state index contributed by atoms with van der Waals surface area (Å²) in [7, 11) is 0. The molecule has 0 saturated heterocycles. The first-order valence-electron chi connectivity index (χ1n) is 4.66. The SMILES string of the molecule is NNc1cc(C(F)(F)F)nc2c(Cl)cc(F)cc12. The molecular formula is C10H6ClF4N3. The fourth-order valence-electron chi connectivity index (χ4n) is 1.52. The summed E-state index contributed by atoms with van der Waals surface area (Å²) >= 11 is 5.67. The second kappa shape index (κ2) is 4.25. The topological polar surface area (TPSA) is 50.9 Å². The number of hydrogen-bond acceptors (Lipinski definition) is 3. The third-order valence-electron chi connectivity index (χ3n) is 2.28. The van der Waals surface area contributed by atoms with Crippen molar-refractivity contribution < 1.29 is 17.6 Å². The van der Waals surface area contributed by atoms with E-state index in [1.165, 1.54) is 0 Å². The lowest BCUT2D eigenvalue weighted by Crippen LogP contribution is -2.13. The lowest BCUT2D eigenvalue weighted by molar-refractivity contribution is -0.140. The van der Waals surface area contributed by atoms with Crippen LogP contribution in [-0.2, 0) is 6.18 Å². The molecule has 0 spiro atoms. The highest BCUT2D eigenvalue weighted by atomic mass is 35.5. The number of hydrazine groups is 1. The number of halogens is 5. The molecule has 0 aliphatic carbocycles. The summed E-state index contributed by atoms with van der Waals surface area (Å²) in [5.74, 6) is 4.43. The first kappa shape index (κ1) is 12.8. The van der Waals surface area contributed by atoms with Gasteiger partial charge in [-0.3, -0.25) is 5.84 Å². The number of fused-ring (bicyclic) bond motifs is 1. The quantitative estimate of drug-likeness (QED) is 0.478. The van der Waals surface area contributed by atoms with Crippen LogP contribution >= 0.6 is 11.6 Å². The summed E-state index contributed by atoms with van der Waals surface area (Å²) in [5, 5.41) is -0.136. The average Bonchev–Trinajstić information content (AvgIpc) is 2.26. The Balaban J connectivity index is 2.84. The zero-order valence-electron chi connectivity index (χ0n) is 8.65. The van der Waals surface area contributed by atoms with Crippen molar-refractivity contribution in [2.75, 3.05) is 5.43 Å². The fourth-order valence-corrected chi connectivity index (χ4v) is 1.77. The van der Waals surface area contributed by atoms with E-state index in [1.807, 2.05) is 0 Å². The second-order valence-corrected chi connectivity index (χ2v) is 3.89. The predicted octanol–water partition coefficient (Wildman–Crippen LogP) is 3.33. The van der Waals surface area contributed by atoms with Crippen molar-refractivity contribution >= 4 is 28.2 Å². The van der Waals surface area contributed by atoms with Crippen LogP contribution in [0, 0.1) is 5.82 Å². The molecule has 1 aromatic heterocycles. The van der Waals surface area contributed by atoms with Crippen LogP contribution in [0.3, 0.4) is 0 Å². The molecule has 0 radical (unpaired) electrons. The monoisotopic (exact) mass is 279 g/mol. The van der Waals surface area contributed by atoms with E-state index in [9.17, 15) is 17.6 Å². The maximum Gasteiger partial charge on any atom is 0.433 e. The van der Waals surface area contributed by atoms with Crippen molar-refractivity contribution in [3.05, 3.63) is 34.7 Å². The van der Waals surface area contributed by atoms with Gasteiger partial charge in [-0.05, 0) is 18.2 Å². The van der Waals surface area contributed by atoms with Crippen LogP contribution in [0.2, 0.25) is 5.02 Å². The van der Waals surface area contributed by atoms with Crippen LogP contribution in [0.5, 0.6) is 0 Å². The van der Waals surface area contributed by atoms with Crippen LogP contribution in [0.1, 0.15) is 5.69 Å². The zero-order valence-corrected chi connectivity index (χ0v) is 9.40. The molecule has 2 rings (SSSR count). The van der Waals surface area contributed by atoms with Crippen molar-refractivity contribution in [1.82, 2.24) is 4.98 Å². The van der Waals surface area contributed by atoms with E-state index < -0.39 is 17.7 Å².